The average Bonchev–Trinajstić information content (AvgIpc) is 2.18. The molecular weight excluding hydrogens is 216 g/mol. The Labute approximate surface area is 93.3 Å². The minimum absolute atomic E-state index is 0.0632. The van der Waals surface area contributed by atoms with Crippen molar-refractivity contribution in [3.05, 3.63) is 0 Å². The van der Waals surface area contributed by atoms with Crippen LogP contribution in [0.1, 0.15) is 38.5 Å². The quantitative estimate of drug-likeness (QED) is 0.475. The van der Waals surface area contributed by atoms with Gasteiger partial charge in [-0.1, -0.05) is 0 Å². The largest absolute Gasteiger partial charge is 0.481 e. The predicted octanol–water partition coefficient (Wildman–Crippen LogP) is 0.880. The molecule has 0 heterocycles. The smallest absolute Gasteiger partial charge is 0.303 e. The van der Waals surface area contributed by atoms with E-state index in [1.807, 2.05) is 0 Å². The van der Waals surface area contributed by atoms with Crippen LogP contribution in [-0.4, -0.2) is 34.7 Å². The van der Waals surface area contributed by atoms with Gasteiger partial charge in [-0.05, 0) is 12.8 Å². The van der Waals surface area contributed by atoms with Crippen molar-refractivity contribution < 1.29 is 29.4 Å². The third-order valence-electron chi connectivity index (χ3n) is 1.43. The number of hydrogen-bond acceptors (Lipinski definition) is 4. The maximum Gasteiger partial charge on any atom is 0.303 e. The SMILES string of the molecule is O=C(O)CCCC(=O)O.O=CCCCC=O. The number of rotatable bonds is 8. The highest BCUT2D eigenvalue weighted by molar-refractivity contribution is 5.69. The van der Waals surface area contributed by atoms with Crippen LogP contribution in [0, 0.1) is 0 Å². The Kier molecular flexibility index (Phi) is 13.9. The van der Waals surface area contributed by atoms with Crippen molar-refractivity contribution in [1.82, 2.24) is 0 Å². The van der Waals surface area contributed by atoms with Gasteiger partial charge in [0.1, 0.15) is 12.6 Å². The van der Waals surface area contributed by atoms with Gasteiger partial charge in [0.15, 0.2) is 0 Å². The van der Waals surface area contributed by atoms with E-state index in [2.05, 4.69) is 0 Å². The molecule has 0 aromatic carbocycles. The highest BCUT2D eigenvalue weighted by Gasteiger charge is 1.99. The second-order valence-electron chi connectivity index (χ2n) is 2.91. The molecule has 2 N–H and O–H groups in total. The zero-order chi connectivity index (χ0) is 12.8. The van der Waals surface area contributed by atoms with E-state index in [0.29, 0.717) is 19.3 Å². The Morgan fingerprint density at radius 1 is 0.812 bits per heavy atom. The zero-order valence-electron chi connectivity index (χ0n) is 8.92. The summed E-state index contributed by atoms with van der Waals surface area (Å²) in [6, 6.07) is 0. The van der Waals surface area contributed by atoms with Crippen LogP contribution in [-0.2, 0) is 19.2 Å². The molecule has 0 aromatic rings. The van der Waals surface area contributed by atoms with Crippen LogP contribution in [0.15, 0.2) is 0 Å². The zero-order valence-corrected chi connectivity index (χ0v) is 8.92. The third-order valence-corrected chi connectivity index (χ3v) is 1.43. The van der Waals surface area contributed by atoms with Crippen molar-refractivity contribution in [2.24, 2.45) is 0 Å². The highest BCUT2D eigenvalue weighted by Crippen LogP contribution is 1.93. The van der Waals surface area contributed by atoms with Crippen LogP contribution >= 0.6 is 0 Å². The number of carbonyl (C=O) groups excluding carboxylic acids is 2. The molecule has 92 valence electrons. The summed E-state index contributed by atoms with van der Waals surface area (Å²) in [7, 11) is 0. The molecule has 0 atom stereocenters. The maximum atomic E-state index is 9.79. The Morgan fingerprint density at radius 2 is 1.19 bits per heavy atom. The van der Waals surface area contributed by atoms with Gasteiger partial charge >= 0.3 is 11.9 Å². The number of unbranched alkanes of at least 4 members (excludes halogenated alkanes) is 2. The number of aldehydes is 2. The van der Waals surface area contributed by atoms with E-state index in [-0.39, 0.29) is 19.3 Å². The molecule has 6 heteroatoms. The van der Waals surface area contributed by atoms with Crippen molar-refractivity contribution in [2.75, 3.05) is 0 Å². The van der Waals surface area contributed by atoms with Crippen LogP contribution in [0.2, 0.25) is 0 Å². The van der Waals surface area contributed by atoms with Gasteiger partial charge in [-0.25, -0.2) is 0 Å². The summed E-state index contributed by atoms with van der Waals surface area (Å²) in [6.45, 7) is 0. The van der Waals surface area contributed by atoms with Crippen molar-refractivity contribution in [1.29, 1.82) is 0 Å². The van der Waals surface area contributed by atoms with Crippen LogP contribution < -0.4 is 0 Å². The second-order valence-corrected chi connectivity index (χ2v) is 2.91. The van der Waals surface area contributed by atoms with E-state index in [1.165, 1.54) is 0 Å². The summed E-state index contributed by atoms with van der Waals surface area (Å²) in [5.41, 5.74) is 0. The second kappa shape index (κ2) is 13.3. The summed E-state index contributed by atoms with van der Waals surface area (Å²) in [5, 5.41) is 16.1. The van der Waals surface area contributed by atoms with Crippen LogP contribution in [0.25, 0.3) is 0 Å². The molecule has 0 spiro atoms. The fraction of sp³-hybridized carbons (Fsp3) is 0.600. The highest BCUT2D eigenvalue weighted by atomic mass is 16.4. The molecule has 0 bridgehead atoms. The predicted molar refractivity (Wildman–Crippen MR) is 55.1 cm³/mol. The van der Waals surface area contributed by atoms with Gasteiger partial charge in [0.05, 0.1) is 0 Å². The van der Waals surface area contributed by atoms with Gasteiger partial charge in [-0.3, -0.25) is 9.59 Å². The van der Waals surface area contributed by atoms with Crippen molar-refractivity contribution in [3.8, 4) is 0 Å². The molecule has 0 saturated carbocycles. The van der Waals surface area contributed by atoms with E-state index in [4.69, 9.17) is 10.2 Å². The fourth-order valence-electron chi connectivity index (χ4n) is 0.675. The molecule has 0 aliphatic rings. The number of hydrogen-bond donors (Lipinski definition) is 2. The molecule has 0 rings (SSSR count). The minimum Gasteiger partial charge on any atom is -0.481 e. The van der Waals surface area contributed by atoms with Crippen LogP contribution in [0.3, 0.4) is 0 Å². The molecule has 0 aromatic heterocycles. The summed E-state index contributed by atoms with van der Waals surface area (Å²) >= 11 is 0. The lowest BCUT2D eigenvalue weighted by atomic mass is 10.2. The van der Waals surface area contributed by atoms with Gasteiger partial charge in [0.2, 0.25) is 0 Å². The van der Waals surface area contributed by atoms with E-state index in [1.54, 1.807) is 0 Å². The molecular formula is C10H16O6. The Morgan fingerprint density at radius 3 is 1.44 bits per heavy atom. The molecule has 0 fully saturated rings. The molecule has 0 aliphatic carbocycles. The van der Waals surface area contributed by atoms with E-state index in [9.17, 15) is 19.2 Å². The first-order chi connectivity index (χ1) is 7.54. The van der Waals surface area contributed by atoms with Crippen LogP contribution in [0.5, 0.6) is 0 Å². The summed E-state index contributed by atoms with van der Waals surface area (Å²) in [5.74, 6) is -1.90. The topological polar surface area (TPSA) is 109 Å². The average molecular weight is 232 g/mol. The van der Waals surface area contributed by atoms with Crippen molar-refractivity contribution in [2.45, 2.75) is 38.5 Å². The minimum atomic E-state index is -0.948. The summed E-state index contributed by atoms with van der Waals surface area (Å²) < 4.78 is 0. The van der Waals surface area contributed by atoms with Gasteiger partial charge in [0.25, 0.3) is 0 Å². The molecule has 0 aliphatic heterocycles. The Bertz CT molecular complexity index is 201. The van der Waals surface area contributed by atoms with Crippen LogP contribution in [0.4, 0.5) is 0 Å². The van der Waals surface area contributed by atoms with Gasteiger partial charge in [-0.2, -0.15) is 0 Å². The monoisotopic (exact) mass is 232 g/mol. The summed E-state index contributed by atoms with van der Waals surface area (Å²) in [6.07, 6.45) is 3.46. The number of aliphatic carboxylic acids is 2. The van der Waals surface area contributed by atoms with E-state index < -0.39 is 11.9 Å². The van der Waals surface area contributed by atoms with Crippen molar-refractivity contribution >= 4 is 24.5 Å². The number of carboxylic acids is 2. The third kappa shape index (κ3) is 22.8. The molecule has 0 radical (unpaired) electrons. The molecule has 6 nitrogen and oxygen atoms in total. The van der Waals surface area contributed by atoms with Gasteiger partial charge in [0, 0.05) is 25.7 Å². The van der Waals surface area contributed by atoms with E-state index >= 15 is 0 Å². The first-order valence-electron chi connectivity index (χ1n) is 4.85. The van der Waals surface area contributed by atoms with Gasteiger partial charge < -0.3 is 19.8 Å². The molecule has 0 saturated heterocycles. The number of carboxylic acid groups (broad SMARTS) is 2. The molecule has 0 amide bonds. The first-order valence-corrected chi connectivity index (χ1v) is 4.85. The lowest BCUT2D eigenvalue weighted by Gasteiger charge is -1.89. The van der Waals surface area contributed by atoms with Gasteiger partial charge in [-0.15, -0.1) is 0 Å². The van der Waals surface area contributed by atoms with E-state index in [0.717, 1.165) is 12.6 Å². The lowest BCUT2D eigenvalue weighted by molar-refractivity contribution is -0.138. The molecule has 0 unspecified atom stereocenters. The first kappa shape index (κ1) is 16.7. The Balaban J connectivity index is 0. The summed E-state index contributed by atoms with van der Waals surface area (Å²) in [4.78, 5) is 38.7. The number of carbonyl (C=O) groups is 4. The lowest BCUT2D eigenvalue weighted by Crippen LogP contribution is -1.98. The Hall–Kier alpha value is -1.72. The van der Waals surface area contributed by atoms with Crippen molar-refractivity contribution in [3.63, 3.8) is 0 Å². The standard InChI is InChI=1S/C5H8O4.C5H8O2/c6-4(7)2-1-3-5(8)9;6-4-2-1-3-5-7/h1-3H2,(H,6,7)(H,8,9);4-5H,1-3H2. The fourth-order valence-corrected chi connectivity index (χ4v) is 0.675. The molecule has 16 heavy (non-hydrogen) atoms. The maximum absolute atomic E-state index is 9.79. The normalized spacial score (nSPS) is 8.50.